The van der Waals surface area contributed by atoms with Crippen LogP contribution in [0.15, 0.2) is 52.6 Å². The molecule has 1 unspecified atom stereocenters. The number of benzene rings is 3. The second kappa shape index (κ2) is 7.86. The van der Waals surface area contributed by atoms with Gasteiger partial charge in [0, 0.05) is 16.7 Å². The lowest BCUT2D eigenvalue weighted by Gasteiger charge is -2.24. The monoisotopic (exact) mass is 406 g/mol. The highest BCUT2D eigenvalue weighted by Crippen LogP contribution is 2.38. The minimum Gasteiger partial charge on any atom is -0.297 e. The molecule has 0 aliphatic heterocycles. The van der Waals surface area contributed by atoms with Crippen LogP contribution < -0.4 is 0 Å². The number of nitroso groups, excluding NO2 is 1. The summed E-state index contributed by atoms with van der Waals surface area (Å²) >= 11 is 0. The first kappa shape index (κ1) is 20.0. The summed E-state index contributed by atoms with van der Waals surface area (Å²) in [5, 5.41) is 4.31. The Morgan fingerprint density at radius 3 is 2.60 bits per heavy atom. The molecular weight excluding hydrogens is 386 g/mol. The Hall–Kier alpha value is -3.28. The molecule has 0 fully saturated rings. The van der Waals surface area contributed by atoms with Crippen molar-refractivity contribution >= 4 is 23.4 Å². The largest absolute Gasteiger partial charge is 0.316 e. The molecule has 0 N–H and O–H groups in total. The third kappa shape index (κ3) is 3.43. The third-order valence-electron chi connectivity index (χ3n) is 6.10. The number of amides is 1. The van der Waals surface area contributed by atoms with Crippen LogP contribution in [0.3, 0.4) is 0 Å². The number of aryl methyl sites for hydroxylation is 2. The number of hydrogen-bond acceptors (Lipinski definition) is 3. The van der Waals surface area contributed by atoms with Crippen molar-refractivity contribution in [2.24, 2.45) is 10.2 Å². The first-order valence-electron chi connectivity index (χ1n) is 9.76. The summed E-state index contributed by atoms with van der Waals surface area (Å²) in [6.45, 7) is 5.55. The predicted molar refractivity (Wildman–Crippen MR) is 113 cm³/mol. The van der Waals surface area contributed by atoms with Crippen molar-refractivity contribution in [2.45, 2.75) is 38.1 Å². The van der Waals surface area contributed by atoms with E-state index in [1.807, 2.05) is 18.2 Å². The van der Waals surface area contributed by atoms with E-state index in [-0.39, 0.29) is 17.5 Å². The molecule has 0 bridgehead atoms. The Morgan fingerprint density at radius 2 is 1.87 bits per heavy atom. The van der Waals surface area contributed by atoms with Crippen molar-refractivity contribution < 1.29 is 13.6 Å². The van der Waals surface area contributed by atoms with Crippen molar-refractivity contribution in [1.82, 2.24) is 0 Å². The maximum atomic E-state index is 14.0. The van der Waals surface area contributed by atoms with Crippen LogP contribution in [0.4, 0.5) is 8.78 Å². The van der Waals surface area contributed by atoms with Crippen molar-refractivity contribution in [3.05, 3.63) is 86.8 Å². The lowest BCUT2D eigenvalue weighted by Crippen LogP contribution is -2.19. The maximum Gasteiger partial charge on any atom is 0.316 e. The van der Waals surface area contributed by atoms with E-state index in [0.29, 0.717) is 12.0 Å². The SMILES string of the molecule is C=N[C@H]1Cc2c(ccc3cc(C(=O)N=O)ccc23)CCC1c1cc(F)c(F)cc1C. The average Bonchev–Trinajstić information content (AvgIpc) is 2.94. The first-order valence-corrected chi connectivity index (χ1v) is 9.76. The van der Waals surface area contributed by atoms with Crippen molar-refractivity contribution in [3.8, 4) is 0 Å². The molecular formula is C24H20F2N2O2. The van der Waals surface area contributed by atoms with Crippen LogP contribution in [0, 0.1) is 23.5 Å². The fourth-order valence-electron chi connectivity index (χ4n) is 4.57. The number of hydrogen-bond donors (Lipinski definition) is 0. The fourth-order valence-corrected chi connectivity index (χ4v) is 4.57. The summed E-state index contributed by atoms with van der Waals surface area (Å²) in [6, 6.07) is 11.4. The van der Waals surface area contributed by atoms with E-state index in [1.54, 1.807) is 19.1 Å². The van der Waals surface area contributed by atoms with Crippen LogP contribution in [0.5, 0.6) is 0 Å². The molecule has 2 atom stereocenters. The van der Waals surface area contributed by atoms with Gasteiger partial charge in [0.05, 0.1) is 6.04 Å². The van der Waals surface area contributed by atoms with Crippen molar-refractivity contribution in [1.29, 1.82) is 0 Å². The van der Waals surface area contributed by atoms with Gasteiger partial charge in [0.15, 0.2) is 11.6 Å². The molecule has 4 nitrogen and oxygen atoms in total. The van der Waals surface area contributed by atoms with E-state index in [2.05, 4.69) is 16.9 Å². The number of nitrogens with zero attached hydrogens (tertiary/aromatic N) is 2. The van der Waals surface area contributed by atoms with Crippen LogP contribution in [0.25, 0.3) is 10.8 Å². The number of halogens is 2. The number of carbonyl (C=O) groups is 1. The van der Waals surface area contributed by atoms with Crippen LogP contribution >= 0.6 is 0 Å². The molecule has 0 saturated carbocycles. The Morgan fingerprint density at radius 1 is 1.10 bits per heavy atom. The maximum absolute atomic E-state index is 14.0. The number of rotatable bonds is 3. The van der Waals surface area contributed by atoms with E-state index < -0.39 is 17.5 Å². The topological polar surface area (TPSA) is 58.9 Å². The van der Waals surface area contributed by atoms with Crippen LogP contribution in [0.2, 0.25) is 0 Å². The molecule has 3 aromatic carbocycles. The van der Waals surface area contributed by atoms with Gasteiger partial charge < -0.3 is 0 Å². The lowest BCUT2D eigenvalue weighted by molar-refractivity contribution is 0.100. The van der Waals surface area contributed by atoms with Gasteiger partial charge in [-0.1, -0.05) is 18.2 Å². The third-order valence-corrected chi connectivity index (χ3v) is 6.10. The van der Waals surface area contributed by atoms with Crippen LogP contribution in [0.1, 0.15) is 45.0 Å². The highest BCUT2D eigenvalue weighted by molar-refractivity contribution is 5.99. The predicted octanol–water partition coefficient (Wildman–Crippen LogP) is 5.67. The first-order chi connectivity index (χ1) is 14.4. The molecule has 30 heavy (non-hydrogen) atoms. The molecule has 3 aromatic rings. The van der Waals surface area contributed by atoms with E-state index in [0.717, 1.165) is 40.3 Å². The van der Waals surface area contributed by atoms with Crippen LogP contribution in [-0.4, -0.2) is 18.7 Å². The lowest BCUT2D eigenvalue weighted by atomic mass is 9.84. The molecule has 0 heterocycles. The van der Waals surface area contributed by atoms with Gasteiger partial charge in [-0.05, 0) is 90.2 Å². The molecule has 152 valence electrons. The van der Waals surface area contributed by atoms with Gasteiger partial charge in [0.25, 0.3) is 0 Å². The van der Waals surface area contributed by atoms with Gasteiger partial charge in [-0.2, -0.15) is 0 Å². The van der Waals surface area contributed by atoms with E-state index in [4.69, 9.17) is 0 Å². The van der Waals surface area contributed by atoms with Gasteiger partial charge in [0.2, 0.25) is 0 Å². The minimum atomic E-state index is -0.855. The van der Waals surface area contributed by atoms with E-state index in [1.165, 1.54) is 12.1 Å². The van der Waals surface area contributed by atoms with Gasteiger partial charge >= 0.3 is 5.91 Å². The standard InChI is InChI=1S/C24H20F2N2O2/c1-13-9-21(25)22(26)11-19(13)18-8-5-14-3-4-15-10-16(24(29)28-30)6-7-17(15)20(14)12-23(18)27-2/h3-4,6-7,9-11,18,23H,2,5,8,12H2,1H3/t18?,23-/m0/s1. The Balaban J connectivity index is 1.78. The second-order valence-corrected chi connectivity index (χ2v) is 7.76. The molecule has 0 aromatic heterocycles. The van der Waals surface area contributed by atoms with E-state index in [9.17, 15) is 18.5 Å². The number of fused-ring (bicyclic) bond motifs is 3. The quantitative estimate of drug-likeness (QED) is 0.319. The second-order valence-electron chi connectivity index (χ2n) is 7.76. The fraction of sp³-hybridized carbons (Fsp3) is 0.250. The molecule has 6 heteroatoms. The zero-order valence-corrected chi connectivity index (χ0v) is 16.5. The van der Waals surface area contributed by atoms with Gasteiger partial charge in [-0.3, -0.25) is 9.79 Å². The zero-order chi connectivity index (χ0) is 21.4. The van der Waals surface area contributed by atoms with Crippen LogP contribution in [-0.2, 0) is 12.8 Å². The number of carbonyl (C=O) groups excluding carboxylic acids is 1. The molecule has 0 saturated heterocycles. The molecule has 4 rings (SSSR count). The number of aliphatic imine (C=N–C) groups is 1. The highest BCUT2D eigenvalue weighted by atomic mass is 19.2. The summed E-state index contributed by atoms with van der Waals surface area (Å²) in [5.74, 6) is -2.59. The van der Waals surface area contributed by atoms with E-state index >= 15 is 0 Å². The van der Waals surface area contributed by atoms with Gasteiger partial charge in [0.1, 0.15) is 0 Å². The summed E-state index contributed by atoms with van der Waals surface area (Å²) in [4.78, 5) is 26.5. The van der Waals surface area contributed by atoms with Crippen molar-refractivity contribution in [2.75, 3.05) is 0 Å². The van der Waals surface area contributed by atoms with Gasteiger partial charge in [-0.25, -0.2) is 8.78 Å². The normalized spacial score (nSPS) is 18.5. The summed E-state index contributed by atoms with van der Waals surface area (Å²) in [6.07, 6.45) is 2.09. The molecule has 0 spiro atoms. The highest BCUT2D eigenvalue weighted by Gasteiger charge is 2.29. The smallest absolute Gasteiger partial charge is 0.297 e. The molecule has 0 radical (unpaired) electrons. The molecule has 1 amide bonds. The molecule has 1 aliphatic carbocycles. The van der Waals surface area contributed by atoms with Crippen molar-refractivity contribution in [3.63, 3.8) is 0 Å². The summed E-state index contributed by atoms with van der Waals surface area (Å²) in [5.41, 5.74) is 3.97. The zero-order valence-electron chi connectivity index (χ0n) is 16.5. The molecule has 1 aliphatic rings. The Kier molecular flexibility index (Phi) is 5.24. The Bertz CT molecular complexity index is 1190. The summed E-state index contributed by atoms with van der Waals surface area (Å²) in [7, 11) is 0. The average molecular weight is 406 g/mol. The minimum absolute atomic E-state index is 0.0832. The Labute approximate surface area is 172 Å². The summed E-state index contributed by atoms with van der Waals surface area (Å²) < 4.78 is 27.6. The van der Waals surface area contributed by atoms with Gasteiger partial charge in [-0.15, -0.1) is 4.91 Å².